The van der Waals surface area contributed by atoms with Crippen LogP contribution in [-0.2, 0) is 22.2 Å². The number of carbonyl (C=O) groups is 1. The average molecular weight is 124 g/mol. The van der Waals surface area contributed by atoms with E-state index in [1.165, 1.54) is 0 Å². The minimum Gasteiger partial charge on any atom is -0.303 e. The number of rotatable bonds is 2. The third-order valence-electron chi connectivity index (χ3n) is 0.407. The van der Waals surface area contributed by atoms with Crippen molar-refractivity contribution in [1.29, 1.82) is 0 Å². The topological polar surface area (TPSA) is 17.1 Å². The molecule has 0 radical (unpaired) electrons. The standard InChI is InChI=1S/C4H8O.Cr/c1-2-3-4-5;/h4H,2-3H2,1H3;. The molecule has 0 saturated carbocycles. The van der Waals surface area contributed by atoms with Crippen LogP contribution < -0.4 is 0 Å². The summed E-state index contributed by atoms with van der Waals surface area (Å²) in [5.74, 6) is 0. The first-order valence-electron chi connectivity index (χ1n) is 1.85. The number of hydrogen-bond donors (Lipinski definition) is 0. The van der Waals surface area contributed by atoms with E-state index in [0.717, 1.165) is 12.7 Å². The van der Waals surface area contributed by atoms with Crippen LogP contribution in [0.3, 0.4) is 0 Å². The minimum absolute atomic E-state index is 0. The molecule has 0 aromatic carbocycles. The number of hydrogen-bond acceptors (Lipinski definition) is 1. The monoisotopic (exact) mass is 124 g/mol. The maximum absolute atomic E-state index is 9.40. The maximum atomic E-state index is 9.40. The van der Waals surface area contributed by atoms with Crippen molar-refractivity contribution in [2.75, 3.05) is 0 Å². The van der Waals surface area contributed by atoms with E-state index >= 15 is 0 Å². The fourth-order valence-electron chi connectivity index (χ4n) is 0.118. The summed E-state index contributed by atoms with van der Waals surface area (Å²) in [6.07, 6.45) is 2.61. The molecule has 0 aliphatic heterocycles. The molecule has 0 aromatic rings. The Hall–Kier alpha value is 0.202. The molecular weight excluding hydrogens is 116 g/mol. The molecule has 36 valence electrons. The third kappa shape index (κ3) is 8.88. The second-order valence-corrected chi connectivity index (χ2v) is 0.955. The molecule has 0 atom stereocenters. The zero-order valence-corrected chi connectivity index (χ0v) is 5.08. The Balaban J connectivity index is 0. The molecule has 0 bridgehead atoms. The van der Waals surface area contributed by atoms with Crippen molar-refractivity contribution in [3.05, 3.63) is 0 Å². The van der Waals surface area contributed by atoms with Crippen LogP contribution >= 0.6 is 0 Å². The van der Waals surface area contributed by atoms with Crippen molar-refractivity contribution in [3.8, 4) is 0 Å². The Bertz CT molecular complexity index is 28.7. The summed E-state index contributed by atoms with van der Waals surface area (Å²) in [6.45, 7) is 1.98. The maximum Gasteiger partial charge on any atom is 0.119 e. The first kappa shape index (κ1) is 9.51. The fraction of sp³-hybridized carbons (Fsp3) is 0.750. The van der Waals surface area contributed by atoms with E-state index in [0.29, 0.717) is 6.42 Å². The number of unbranched alkanes of at least 4 members (excludes halogenated alkanes) is 1. The van der Waals surface area contributed by atoms with Crippen LogP contribution in [-0.4, -0.2) is 6.29 Å². The summed E-state index contributed by atoms with van der Waals surface area (Å²) >= 11 is 0. The summed E-state index contributed by atoms with van der Waals surface area (Å²) in [4.78, 5) is 9.40. The molecule has 0 N–H and O–H groups in total. The van der Waals surface area contributed by atoms with Crippen molar-refractivity contribution in [3.63, 3.8) is 0 Å². The second-order valence-electron chi connectivity index (χ2n) is 0.955. The van der Waals surface area contributed by atoms with E-state index in [2.05, 4.69) is 0 Å². The summed E-state index contributed by atoms with van der Waals surface area (Å²) < 4.78 is 0. The normalized spacial score (nSPS) is 6.17. The Kier molecular flexibility index (Phi) is 14.2. The molecule has 0 amide bonds. The zero-order valence-electron chi connectivity index (χ0n) is 3.81. The van der Waals surface area contributed by atoms with Gasteiger partial charge in [-0.1, -0.05) is 6.92 Å². The molecule has 0 aliphatic rings. The van der Waals surface area contributed by atoms with Crippen LogP contribution in [0.1, 0.15) is 19.8 Å². The van der Waals surface area contributed by atoms with Crippen molar-refractivity contribution >= 4 is 6.29 Å². The molecule has 0 heterocycles. The van der Waals surface area contributed by atoms with Gasteiger partial charge in [-0.05, 0) is 6.42 Å². The van der Waals surface area contributed by atoms with Crippen molar-refractivity contribution in [2.45, 2.75) is 19.8 Å². The molecule has 0 aliphatic carbocycles. The van der Waals surface area contributed by atoms with Crippen LogP contribution in [0.15, 0.2) is 0 Å². The summed E-state index contributed by atoms with van der Waals surface area (Å²) in [7, 11) is 0. The number of aldehydes is 1. The van der Waals surface area contributed by atoms with Gasteiger partial charge in [-0.3, -0.25) is 0 Å². The van der Waals surface area contributed by atoms with Gasteiger partial charge in [0.15, 0.2) is 0 Å². The van der Waals surface area contributed by atoms with Crippen LogP contribution in [0.5, 0.6) is 0 Å². The molecule has 1 nitrogen and oxygen atoms in total. The van der Waals surface area contributed by atoms with Crippen LogP contribution in [0, 0.1) is 0 Å². The fourth-order valence-corrected chi connectivity index (χ4v) is 0.118. The first-order chi connectivity index (χ1) is 2.41. The molecule has 0 spiro atoms. The van der Waals surface area contributed by atoms with Gasteiger partial charge < -0.3 is 4.79 Å². The van der Waals surface area contributed by atoms with Crippen LogP contribution in [0.25, 0.3) is 0 Å². The Morgan fingerprint density at radius 3 is 2.17 bits per heavy atom. The molecule has 0 saturated heterocycles. The van der Waals surface area contributed by atoms with E-state index in [-0.39, 0.29) is 17.4 Å². The molecule has 0 rings (SSSR count). The smallest absolute Gasteiger partial charge is 0.119 e. The predicted molar refractivity (Wildman–Crippen MR) is 21.0 cm³/mol. The summed E-state index contributed by atoms with van der Waals surface area (Å²) in [5.41, 5.74) is 0. The van der Waals surface area contributed by atoms with Gasteiger partial charge in [0.25, 0.3) is 0 Å². The molecule has 2 heteroatoms. The van der Waals surface area contributed by atoms with E-state index < -0.39 is 0 Å². The summed E-state index contributed by atoms with van der Waals surface area (Å²) in [6, 6.07) is 0. The van der Waals surface area contributed by atoms with Gasteiger partial charge in [-0.15, -0.1) is 0 Å². The van der Waals surface area contributed by atoms with E-state index in [9.17, 15) is 4.79 Å². The average Bonchev–Trinajstić information content (AvgIpc) is 1.41. The van der Waals surface area contributed by atoms with Gasteiger partial charge in [-0.2, -0.15) is 0 Å². The Labute approximate surface area is 48.9 Å². The molecule has 0 aromatic heterocycles. The van der Waals surface area contributed by atoms with Gasteiger partial charge in [0.2, 0.25) is 0 Å². The quantitative estimate of drug-likeness (QED) is 0.501. The first-order valence-corrected chi connectivity index (χ1v) is 1.85. The van der Waals surface area contributed by atoms with Crippen molar-refractivity contribution in [2.24, 2.45) is 0 Å². The van der Waals surface area contributed by atoms with Gasteiger partial charge in [0, 0.05) is 23.8 Å². The largest absolute Gasteiger partial charge is 0.303 e. The zero-order chi connectivity index (χ0) is 4.12. The second kappa shape index (κ2) is 8.96. The molecule has 6 heavy (non-hydrogen) atoms. The van der Waals surface area contributed by atoms with Gasteiger partial charge >= 0.3 is 0 Å². The molecule has 0 unspecified atom stereocenters. The van der Waals surface area contributed by atoms with Gasteiger partial charge in [0.1, 0.15) is 6.29 Å². The van der Waals surface area contributed by atoms with Crippen LogP contribution in [0.2, 0.25) is 0 Å². The Morgan fingerprint density at radius 2 is 2.17 bits per heavy atom. The van der Waals surface area contributed by atoms with Crippen molar-refractivity contribution in [1.82, 2.24) is 0 Å². The van der Waals surface area contributed by atoms with E-state index in [1.54, 1.807) is 0 Å². The van der Waals surface area contributed by atoms with Gasteiger partial charge in [-0.25, -0.2) is 0 Å². The molecular formula is C4H8CrO. The van der Waals surface area contributed by atoms with Crippen LogP contribution in [0.4, 0.5) is 0 Å². The van der Waals surface area contributed by atoms with E-state index in [4.69, 9.17) is 0 Å². The van der Waals surface area contributed by atoms with Crippen molar-refractivity contribution < 1.29 is 22.2 Å². The number of carbonyl (C=O) groups excluding carboxylic acids is 1. The van der Waals surface area contributed by atoms with E-state index in [1.807, 2.05) is 6.92 Å². The minimum atomic E-state index is 0. The van der Waals surface area contributed by atoms with Gasteiger partial charge in [0.05, 0.1) is 0 Å². The predicted octanol–water partition coefficient (Wildman–Crippen LogP) is 0.983. The summed E-state index contributed by atoms with van der Waals surface area (Å²) in [5, 5.41) is 0. The Morgan fingerprint density at radius 1 is 1.67 bits per heavy atom. The molecule has 0 fully saturated rings. The third-order valence-corrected chi connectivity index (χ3v) is 0.407. The SMILES string of the molecule is CCCC=O.[Cr].